The van der Waals surface area contributed by atoms with Crippen LogP contribution in [0, 0.1) is 11.8 Å². The second kappa shape index (κ2) is 12.4. The average molecular weight is 614 g/mol. The van der Waals surface area contributed by atoms with Crippen molar-refractivity contribution >= 4 is 40.4 Å². The number of ether oxygens (including phenoxy) is 2. The van der Waals surface area contributed by atoms with Crippen molar-refractivity contribution in [1.82, 2.24) is 15.2 Å². The molecule has 228 valence electrons. The van der Waals surface area contributed by atoms with Crippen molar-refractivity contribution in [2.75, 3.05) is 25.7 Å². The van der Waals surface area contributed by atoms with E-state index in [9.17, 15) is 19.5 Å². The Labute approximate surface area is 259 Å². The molecule has 0 aliphatic carbocycles. The Hall–Kier alpha value is -4.28. The van der Waals surface area contributed by atoms with E-state index in [0.29, 0.717) is 23.5 Å². The number of aromatic nitrogens is 1. The van der Waals surface area contributed by atoms with Gasteiger partial charge in [-0.15, -0.1) is 0 Å². The Morgan fingerprint density at radius 1 is 1.02 bits per heavy atom. The summed E-state index contributed by atoms with van der Waals surface area (Å²) in [5, 5.41) is 15.2. The molecule has 9 nitrogen and oxygen atoms in total. The summed E-state index contributed by atoms with van der Waals surface area (Å²) in [7, 11) is 1.54. The number of thioether (sulfide) groups is 1. The van der Waals surface area contributed by atoms with Crippen LogP contribution >= 0.6 is 11.8 Å². The van der Waals surface area contributed by atoms with Crippen LogP contribution in [0.1, 0.15) is 29.2 Å². The number of carbonyl (C=O) groups is 3. The van der Waals surface area contributed by atoms with E-state index in [1.54, 1.807) is 30.1 Å². The molecule has 4 atom stereocenters. The van der Waals surface area contributed by atoms with Crippen LogP contribution < -0.4 is 14.8 Å². The van der Waals surface area contributed by atoms with E-state index in [1.807, 2.05) is 66.9 Å². The molecule has 3 heterocycles. The van der Waals surface area contributed by atoms with Gasteiger partial charge in [-0.1, -0.05) is 60.7 Å². The molecule has 3 N–H and O–H groups in total. The highest BCUT2D eigenvalue weighted by atomic mass is 32.2. The third-order valence-electron chi connectivity index (χ3n) is 8.79. The molecule has 4 unspecified atom stereocenters. The molecule has 10 heteroatoms. The highest BCUT2D eigenvalue weighted by Crippen LogP contribution is 2.53. The molecule has 2 amide bonds. The number of likely N-dealkylation sites (tertiary alicyclic amines) is 1. The van der Waals surface area contributed by atoms with Gasteiger partial charge < -0.3 is 19.6 Å². The molecule has 0 spiro atoms. The van der Waals surface area contributed by atoms with Crippen molar-refractivity contribution in [3.05, 3.63) is 95.7 Å². The van der Waals surface area contributed by atoms with E-state index in [4.69, 9.17) is 9.47 Å². The number of carboxylic acid groups (broad SMARTS) is 1. The van der Waals surface area contributed by atoms with E-state index < -0.39 is 35.3 Å². The molecule has 0 bridgehead atoms. The second-order valence-corrected chi connectivity index (χ2v) is 12.3. The zero-order valence-corrected chi connectivity index (χ0v) is 25.4. The summed E-state index contributed by atoms with van der Waals surface area (Å²) in [5.41, 5.74) is 1.38. The Morgan fingerprint density at radius 2 is 1.80 bits per heavy atom. The predicted molar refractivity (Wildman–Crippen MR) is 169 cm³/mol. The highest BCUT2D eigenvalue weighted by molar-refractivity contribution is 7.98. The first-order valence-corrected chi connectivity index (χ1v) is 16.0. The molecule has 0 radical (unpaired) electrons. The first-order chi connectivity index (χ1) is 21.4. The van der Waals surface area contributed by atoms with Crippen LogP contribution in [-0.2, 0) is 27.4 Å². The fraction of sp³-hybridized carbons (Fsp3) is 0.324. The molecule has 2 fully saturated rings. The van der Waals surface area contributed by atoms with Gasteiger partial charge in [0.05, 0.1) is 18.9 Å². The Kier molecular flexibility index (Phi) is 8.38. The lowest BCUT2D eigenvalue weighted by Crippen LogP contribution is -2.57. The number of rotatable bonds is 12. The van der Waals surface area contributed by atoms with Gasteiger partial charge in [0.2, 0.25) is 11.8 Å². The van der Waals surface area contributed by atoms with Gasteiger partial charge >= 0.3 is 5.97 Å². The zero-order chi connectivity index (χ0) is 30.8. The SMILES string of the molecule is COc1cccc(C2NC(Cc3c[nH]c4ccccc34)(C(=O)O)C3C(=O)N(CCCSC)C(=O)C23)c1OCc1ccccc1. The molecule has 4 aromatic rings. The minimum Gasteiger partial charge on any atom is -0.493 e. The summed E-state index contributed by atoms with van der Waals surface area (Å²) < 4.78 is 12.0. The number of H-pyrrole nitrogens is 1. The molecule has 1 aromatic heterocycles. The Balaban J connectivity index is 1.46. The molecule has 3 aromatic carbocycles. The van der Waals surface area contributed by atoms with E-state index in [1.165, 1.54) is 12.0 Å². The van der Waals surface area contributed by atoms with Crippen LogP contribution in [-0.4, -0.2) is 64.0 Å². The number of nitrogens with zero attached hydrogens (tertiary/aromatic N) is 1. The number of hydrogen-bond acceptors (Lipinski definition) is 7. The van der Waals surface area contributed by atoms with Crippen LogP contribution in [0.25, 0.3) is 10.9 Å². The van der Waals surface area contributed by atoms with Gasteiger partial charge in [-0.3, -0.25) is 24.6 Å². The minimum atomic E-state index is -1.75. The third kappa shape index (κ3) is 5.11. The molecule has 0 saturated carbocycles. The number of hydrogen-bond donors (Lipinski definition) is 3. The smallest absolute Gasteiger partial charge is 0.325 e. The van der Waals surface area contributed by atoms with Gasteiger partial charge in [0, 0.05) is 41.7 Å². The maximum absolute atomic E-state index is 14.1. The van der Waals surface area contributed by atoms with Crippen LogP contribution in [0.5, 0.6) is 11.5 Å². The number of aromatic amines is 1. The Morgan fingerprint density at radius 3 is 2.55 bits per heavy atom. The summed E-state index contributed by atoms with van der Waals surface area (Å²) in [4.78, 5) is 46.2. The predicted octanol–water partition coefficient (Wildman–Crippen LogP) is 4.82. The van der Waals surface area contributed by atoms with Crippen molar-refractivity contribution in [1.29, 1.82) is 0 Å². The molecular formula is C34H35N3O6S. The molecule has 6 rings (SSSR count). The summed E-state index contributed by atoms with van der Waals surface area (Å²) in [6.07, 6.45) is 4.39. The van der Waals surface area contributed by atoms with Crippen molar-refractivity contribution in [2.24, 2.45) is 11.8 Å². The quantitative estimate of drug-likeness (QED) is 0.154. The number of nitrogens with one attached hydrogen (secondary N) is 2. The van der Waals surface area contributed by atoms with Crippen molar-refractivity contribution in [3.8, 4) is 11.5 Å². The van der Waals surface area contributed by atoms with Crippen LogP contribution in [0.4, 0.5) is 0 Å². The third-order valence-corrected chi connectivity index (χ3v) is 9.49. The van der Waals surface area contributed by atoms with Crippen molar-refractivity contribution in [2.45, 2.75) is 31.0 Å². The van der Waals surface area contributed by atoms with Crippen LogP contribution in [0.3, 0.4) is 0 Å². The fourth-order valence-electron chi connectivity index (χ4n) is 6.75. The topological polar surface area (TPSA) is 121 Å². The lowest BCUT2D eigenvalue weighted by molar-refractivity contribution is -0.151. The average Bonchev–Trinajstić information content (AvgIpc) is 3.69. The molecule has 2 aliphatic heterocycles. The summed E-state index contributed by atoms with van der Waals surface area (Å²) in [6.45, 7) is 0.485. The summed E-state index contributed by atoms with van der Waals surface area (Å²) in [6, 6.07) is 21.9. The normalized spacial score (nSPS) is 22.9. The number of carbonyl (C=O) groups excluding carboxylic acids is 2. The highest BCUT2D eigenvalue weighted by Gasteiger charge is 2.68. The van der Waals surface area contributed by atoms with Crippen LogP contribution in [0.15, 0.2) is 79.0 Å². The number of para-hydroxylation sites is 2. The second-order valence-electron chi connectivity index (χ2n) is 11.3. The molecule has 44 heavy (non-hydrogen) atoms. The maximum atomic E-state index is 14.1. The fourth-order valence-corrected chi connectivity index (χ4v) is 7.17. The number of imide groups is 1. The standard InChI is InChI=1S/C34H35N3O6S/c1-42-26-15-8-13-24(30(26)43-20-21-10-4-3-5-11-21)29-27-28(32(39)37(31(27)38)16-9-17-44-2)34(36-29,33(40)41)18-22-19-35-25-14-7-6-12-23(22)25/h3-8,10-15,19,27-29,35-36H,9,16-18,20H2,1-2H3,(H,40,41). The first kappa shape index (κ1) is 29.8. The van der Waals surface area contributed by atoms with Gasteiger partial charge in [0.1, 0.15) is 12.1 Å². The maximum Gasteiger partial charge on any atom is 0.325 e. The van der Waals surface area contributed by atoms with E-state index >= 15 is 0 Å². The van der Waals surface area contributed by atoms with E-state index in [-0.39, 0.29) is 25.5 Å². The van der Waals surface area contributed by atoms with Gasteiger partial charge in [-0.25, -0.2) is 0 Å². The largest absolute Gasteiger partial charge is 0.493 e. The lowest BCUT2D eigenvalue weighted by Gasteiger charge is -2.31. The van der Waals surface area contributed by atoms with Crippen molar-refractivity contribution in [3.63, 3.8) is 0 Å². The Bertz CT molecular complexity index is 1690. The minimum absolute atomic E-state index is 0.00581. The monoisotopic (exact) mass is 613 g/mol. The summed E-state index contributed by atoms with van der Waals surface area (Å²) in [5.74, 6) is -2.41. The number of amides is 2. The van der Waals surface area contributed by atoms with Gasteiger partial charge in [-0.2, -0.15) is 11.8 Å². The lowest BCUT2D eigenvalue weighted by atomic mass is 9.76. The molecule has 2 saturated heterocycles. The van der Waals surface area contributed by atoms with Gasteiger partial charge in [-0.05, 0) is 41.7 Å². The number of carboxylic acids is 1. The molecule has 2 aliphatic rings. The zero-order valence-electron chi connectivity index (χ0n) is 24.6. The first-order valence-electron chi connectivity index (χ1n) is 14.6. The summed E-state index contributed by atoms with van der Waals surface area (Å²) >= 11 is 1.63. The number of methoxy groups -OCH3 is 1. The van der Waals surface area contributed by atoms with Crippen LogP contribution in [0.2, 0.25) is 0 Å². The molecular weight excluding hydrogens is 578 g/mol. The number of benzene rings is 3. The van der Waals surface area contributed by atoms with Crippen molar-refractivity contribution < 1.29 is 29.0 Å². The van der Waals surface area contributed by atoms with Gasteiger partial charge in [0.25, 0.3) is 0 Å². The number of aliphatic carboxylic acids is 1. The van der Waals surface area contributed by atoms with Gasteiger partial charge in [0.15, 0.2) is 11.5 Å². The number of fused-ring (bicyclic) bond motifs is 2. The van der Waals surface area contributed by atoms with E-state index in [0.717, 1.165) is 27.8 Å². The van der Waals surface area contributed by atoms with E-state index in [2.05, 4.69) is 10.3 Å².